The maximum absolute atomic E-state index is 11.6. The monoisotopic (exact) mass is 274 g/mol. The van der Waals surface area contributed by atoms with Crippen LogP contribution < -0.4 is 11.1 Å². The Morgan fingerprint density at radius 3 is 2.61 bits per heavy atom. The number of nitrogen functional groups attached to an aromatic ring is 1. The van der Waals surface area contributed by atoms with Gasteiger partial charge in [0.25, 0.3) is 0 Å². The molecule has 1 aromatic heterocycles. The molecule has 0 spiro atoms. The Hall–Kier alpha value is -1.57. The van der Waals surface area contributed by atoms with Crippen molar-refractivity contribution >= 4 is 21.6 Å². The van der Waals surface area contributed by atoms with Gasteiger partial charge in [0.15, 0.2) is 9.84 Å². The fourth-order valence-corrected chi connectivity index (χ4v) is 1.45. The average molecular weight is 274 g/mol. The zero-order valence-corrected chi connectivity index (χ0v) is 11.5. The number of nitrogens with one attached hydrogen (secondary N) is 1. The molecule has 0 unspecified atom stereocenters. The van der Waals surface area contributed by atoms with Gasteiger partial charge in [0.05, 0.1) is 4.75 Å². The number of sulfone groups is 1. The van der Waals surface area contributed by atoms with Crippen LogP contribution in [-0.4, -0.2) is 41.7 Å². The smallest absolute Gasteiger partial charge is 0.241 e. The van der Waals surface area contributed by atoms with E-state index in [0.717, 1.165) is 6.26 Å². The molecule has 0 aromatic carbocycles. The molecule has 18 heavy (non-hydrogen) atoms. The van der Waals surface area contributed by atoms with Crippen LogP contribution in [0.5, 0.6) is 0 Å². The van der Waals surface area contributed by atoms with E-state index in [1.54, 1.807) is 26.1 Å². The minimum Gasteiger partial charge on any atom is -0.382 e. The number of hydrogen-bond donors (Lipinski definition) is 2. The predicted molar refractivity (Wildman–Crippen MR) is 68.6 cm³/mol. The second kappa shape index (κ2) is 4.97. The van der Waals surface area contributed by atoms with Crippen molar-refractivity contribution in [3.8, 4) is 0 Å². The first-order chi connectivity index (χ1) is 8.12. The molecule has 0 atom stereocenters. The zero-order valence-electron chi connectivity index (χ0n) is 10.7. The number of hydrogen-bond acceptors (Lipinski definition) is 5. The molecule has 0 fully saturated rings. The standard InChI is InChI=1S/C10H18N4O3S/c1-10(2,18(3,16)17)7-12-9(15)6-14-5-4-8(11)13-14/h4-5H,6-7H2,1-3H3,(H2,11,13)(H,12,15). The number of amides is 1. The largest absolute Gasteiger partial charge is 0.382 e. The molecule has 0 aliphatic heterocycles. The number of aromatic nitrogens is 2. The van der Waals surface area contributed by atoms with Crippen molar-refractivity contribution < 1.29 is 13.2 Å². The van der Waals surface area contributed by atoms with Crippen molar-refractivity contribution in [1.29, 1.82) is 0 Å². The van der Waals surface area contributed by atoms with Crippen molar-refractivity contribution in [3.05, 3.63) is 12.3 Å². The molecule has 1 heterocycles. The van der Waals surface area contributed by atoms with Crippen LogP contribution >= 0.6 is 0 Å². The lowest BCUT2D eigenvalue weighted by molar-refractivity contribution is -0.121. The molecule has 1 aromatic rings. The minimum absolute atomic E-state index is 0.0110. The van der Waals surface area contributed by atoms with Crippen LogP contribution in [0.1, 0.15) is 13.8 Å². The van der Waals surface area contributed by atoms with Crippen molar-refractivity contribution in [3.63, 3.8) is 0 Å². The Bertz CT molecular complexity index is 533. The van der Waals surface area contributed by atoms with Gasteiger partial charge in [-0.3, -0.25) is 9.48 Å². The van der Waals surface area contributed by atoms with Gasteiger partial charge in [-0.2, -0.15) is 5.10 Å². The van der Waals surface area contributed by atoms with Gasteiger partial charge in [0.1, 0.15) is 12.4 Å². The Labute approximate surface area is 106 Å². The zero-order chi connectivity index (χ0) is 14.0. The number of carbonyl (C=O) groups excluding carboxylic acids is 1. The molecule has 0 radical (unpaired) electrons. The van der Waals surface area contributed by atoms with Crippen LogP contribution in [0.15, 0.2) is 12.3 Å². The topological polar surface area (TPSA) is 107 Å². The SMILES string of the molecule is CC(C)(CNC(=O)Cn1ccc(N)n1)S(C)(=O)=O. The molecule has 8 heteroatoms. The second-order valence-corrected chi connectivity index (χ2v) is 7.40. The summed E-state index contributed by atoms with van der Waals surface area (Å²) in [5.41, 5.74) is 5.41. The van der Waals surface area contributed by atoms with Crippen LogP contribution in [0.2, 0.25) is 0 Å². The normalized spacial score (nSPS) is 12.4. The minimum atomic E-state index is -3.22. The highest BCUT2D eigenvalue weighted by Gasteiger charge is 2.30. The Balaban J connectivity index is 2.52. The van der Waals surface area contributed by atoms with Gasteiger partial charge in [0.2, 0.25) is 5.91 Å². The molecule has 0 aliphatic rings. The first-order valence-electron chi connectivity index (χ1n) is 5.37. The number of carbonyl (C=O) groups is 1. The van der Waals surface area contributed by atoms with Crippen LogP contribution in [0, 0.1) is 0 Å². The van der Waals surface area contributed by atoms with E-state index in [-0.39, 0.29) is 19.0 Å². The van der Waals surface area contributed by atoms with E-state index in [4.69, 9.17) is 5.73 Å². The van der Waals surface area contributed by atoms with Crippen LogP contribution in [-0.2, 0) is 21.2 Å². The number of rotatable bonds is 5. The van der Waals surface area contributed by atoms with E-state index in [0.29, 0.717) is 5.82 Å². The number of nitrogens with zero attached hydrogens (tertiary/aromatic N) is 2. The fraction of sp³-hybridized carbons (Fsp3) is 0.600. The summed E-state index contributed by atoms with van der Waals surface area (Å²) in [7, 11) is -3.22. The van der Waals surface area contributed by atoms with Gasteiger partial charge in [-0.1, -0.05) is 0 Å². The van der Waals surface area contributed by atoms with Crippen molar-refractivity contribution in [1.82, 2.24) is 15.1 Å². The van der Waals surface area contributed by atoms with Crippen molar-refractivity contribution in [2.75, 3.05) is 18.5 Å². The lowest BCUT2D eigenvalue weighted by Crippen LogP contribution is -2.44. The fourth-order valence-electron chi connectivity index (χ4n) is 1.11. The highest BCUT2D eigenvalue weighted by Crippen LogP contribution is 2.13. The van der Waals surface area contributed by atoms with E-state index < -0.39 is 14.6 Å². The molecule has 7 nitrogen and oxygen atoms in total. The molecule has 102 valence electrons. The molecule has 0 saturated carbocycles. The first kappa shape index (κ1) is 14.5. The van der Waals surface area contributed by atoms with Crippen LogP contribution in [0.3, 0.4) is 0 Å². The molecule has 1 rings (SSSR count). The van der Waals surface area contributed by atoms with E-state index in [1.807, 2.05) is 0 Å². The summed E-state index contributed by atoms with van der Waals surface area (Å²) in [5.74, 6) is 0.0223. The average Bonchev–Trinajstić information content (AvgIpc) is 2.59. The van der Waals surface area contributed by atoms with Crippen molar-refractivity contribution in [2.24, 2.45) is 0 Å². The third-order valence-corrected chi connectivity index (χ3v) is 4.83. The van der Waals surface area contributed by atoms with Gasteiger partial charge in [-0.05, 0) is 19.9 Å². The lowest BCUT2D eigenvalue weighted by atomic mass is 10.2. The van der Waals surface area contributed by atoms with Crippen molar-refractivity contribution in [2.45, 2.75) is 25.1 Å². The summed E-state index contributed by atoms with van der Waals surface area (Å²) >= 11 is 0. The summed E-state index contributed by atoms with van der Waals surface area (Å²) in [6.07, 6.45) is 2.73. The summed E-state index contributed by atoms with van der Waals surface area (Å²) in [5, 5.41) is 6.43. The molecule has 0 saturated heterocycles. The van der Waals surface area contributed by atoms with Gasteiger partial charge in [0, 0.05) is 19.0 Å². The van der Waals surface area contributed by atoms with Gasteiger partial charge < -0.3 is 11.1 Å². The number of nitrogens with two attached hydrogens (primary N) is 1. The predicted octanol–water partition coefficient (Wildman–Crippen LogP) is -0.595. The summed E-state index contributed by atoms with van der Waals surface area (Å²) < 4.78 is 23.3. The summed E-state index contributed by atoms with van der Waals surface area (Å²) in [6.45, 7) is 3.20. The van der Waals surface area contributed by atoms with E-state index in [9.17, 15) is 13.2 Å². The van der Waals surface area contributed by atoms with Crippen LogP contribution in [0.25, 0.3) is 0 Å². The highest BCUT2D eigenvalue weighted by atomic mass is 32.2. The van der Waals surface area contributed by atoms with Crippen LogP contribution in [0.4, 0.5) is 5.82 Å². The number of anilines is 1. The maximum atomic E-state index is 11.6. The Kier molecular flexibility index (Phi) is 4.00. The Morgan fingerprint density at radius 2 is 2.17 bits per heavy atom. The maximum Gasteiger partial charge on any atom is 0.241 e. The second-order valence-electron chi connectivity index (χ2n) is 4.75. The third-order valence-electron chi connectivity index (χ3n) is 2.68. The van der Waals surface area contributed by atoms with E-state index in [1.165, 1.54) is 4.68 Å². The molecular formula is C10H18N4O3S. The highest BCUT2D eigenvalue weighted by molar-refractivity contribution is 7.92. The van der Waals surface area contributed by atoms with Gasteiger partial charge in [-0.15, -0.1) is 0 Å². The molecule has 0 aliphatic carbocycles. The lowest BCUT2D eigenvalue weighted by Gasteiger charge is -2.22. The summed E-state index contributed by atoms with van der Waals surface area (Å²) in [4.78, 5) is 11.6. The summed E-state index contributed by atoms with van der Waals surface area (Å²) in [6, 6.07) is 1.58. The van der Waals surface area contributed by atoms with Gasteiger partial charge in [-0.25, -0.2) is 8.42 Å². The van der Waals surface area contributed by atoms with Gasteiger partial charge >= 0.3 is 0 Å². The molecule has 0 bridgehead atoms. The Morgan fingerprint density at radius 1 is 1.56 bits per heavy atom. The van der Waals surface area contributed by atoms with E-state index >= 15 is 0 Å². The van der Waals surface area contributed by atoms with E-state index in [2.05, 4.69) is 10.4 Å². The third kappa shape index (κ3) is 3.73. The molecular weight excluding hydrogens is 256 g/mol. The molecule has 1 amide bonds. The quantitative estimate of drug-likeness (QED) is 0.746. The molecule has 3 N–H and O–H groups in total. The first-order valence-corrected chi connectivity index (χ1v) is 7.26.